The van der Waals surface area contributed by atoms with Crippen molar-refractivity contribution in [3.63, 3.8) is 0 Å². The summed E-state index contributed by atoms with van der Waals surface area (Å²) in [6.45, 7) is 0.306. The molecule has 168 valence electrons. The highest BCUT2D eigenvalue weighted by Crippen LogP contribution is 2.32. The summed E-state index contributed by atoms with van der Waals surface area (Å²) in [5.41, 5.74) is 4.62. The first-order valence-electron chi connectivity index (χ1n) is 10.5. The van der Waals surface area contributed by atoms with Gasteiger partial charge in [-0.2, -0.15) is 0 Å². The molecule has 0 unspecified atom stereocenters. The number of nitrogens with zero attached hydrogens (tertiary/aromatic N) is 2. The van der Waals surface area contributed by atoms with Crippen LogP contribution in [0.3, 0.4) is 0 Å². The fraction of sp³-hybridized carbons (Fsp3) is 0.0370. The molecule has 0 radical (unpaired) electrons. The number of halogens is 3. The van der Waals surface area contributed by atoms with Gasteiger partial charge in [-0.15, -0.1) is 0 Å². The van der Waals surface area contributed by atoms with Crippen LogP contribution < -0.4 is 5.32 Å². The second-order valence-electron chi connectivity index (χ2n) is 7.75. The van der Waals surface area contributed by atoms with Crippen LogP contribution in [0.25, 0.3) is 33.6 Å². The molecule has 5 aromatic rings. The van der Waals surface area contributed by atoms with Crippen molar-refractivity contribution in [2.45, 2.75) is 6.54 Å². The van der Waals surface area contributed by atoms with Crippen LogP contribution in [0.15, 0.2) is 85.1 Å². The molecule has 2 heterocycles. The Bertz CT molecular complexity index is 1560. The Balaban J connectivity index is 1.40. The maximum absolute atomic E-state index is 12.3. The van der Waals surface area contributed by atoms with Crippen molar-refractivity contribution in [1.82, 2.24) is 14.9 Å². The third kappa shape index (κ3) is 4.53. The number of pyridine rings is 1. The van der Waals surface area contributed by atoms with Crippen molar-refractivity contribution in [2.75, 3.05) is 0 Å². The average molecular weight is 507 g/mol. The van der Waals surface area contributed by atoms with E-state index < -0.39 is 0 Å². The van der Waals surface area contributed by atoms with Gasteiger partial charge < -0.3 is 9.88 Å². The van der Waals surface area contributed by atoms with E-state index in [0.717, 1.165) is 38.8 Å². The average Bonchev–Trinajstić information content (AvgIpc) is 3.18. The van der Waals surface area contributed by atoms with E-state index in [9.17, 15) is 4.79 Å². The van der Waals surface area contributed by atoms with Gasteiger partial charge in [0.25, 0.3) is 0 Å². The molecule has 0 aliphatic heterocycles. The Morgan fingerprint density at radius 3 is 2.47 bits per heavy atom. The molecule has 2 aromatic heterocycles. The van der Waals surface area contributed by atoms with Gasteiger partial charge in [-0.1, -0.05) is 59.1 Å². The van der Waals surface area contributed by atoms with E-state index in [4.69, 9.17) is 34.8 Å². The van der Waals surface area contributed by atoms with Crippen molar-refractivity contribution in [1.29, 1.82) is 0 Å². The largest absolute Gasteiger partial charge is 0.347 e. The molecule has 1 N–H and O–H groups in total. The zero-order chi connectivity index (χ0) is 23.7. The molecule has 0 saturated carbocycles. The van der Waals surface area contributed by atoms with E-state index in [-0.39, 0.29) is 5.91 Å². The number of carbonyl (C=O) groups is 1. The lowest BCUT2D eigenvalue weighted by Gasteiger charge is -2.08. The maximum Gasteiger partial charge on any atom is 0.244 e. The van der Waals surface area contributed by atoms with Gasteiger partial charge in [0.15, 0.2) is 0 Å². The Morgan fingerprint density at radius 2 is 1.68 bits per heavy atom. The van der Waals surface area contributed by atoms with Crippen molar-refractivity contribution >= 4 is 68.6 Å². The first-order chi connectivity index (χ1) is 16.5. The Labute approximate surface area is 211 Å². The van der Waals surface area contributed by atoms with Crippen LogP contribution in [0.1, 0.15) is 11.3 Å². The number of hydrogen-bond donors (Lipinski definition) is 1. The minimum absolute atomic E-state index is 0.225. The zero-order valence-electron chi connectivity index (χ0n) is 17.8. The predicted octanol–water partition coefficient (Wildman–Crippen LogP) is 7.47. The van der Waals surface area contributed by atoms with Crippen molar-refractivity contribution in [2.24, 2.45) is 0 Å². The summed E-state index contributed by atoms with van der Waals surface area (Å²) in [6.07, 6.45) is 5.00. The quantitative estimate of drug-likeness (QED) is 0.251. The maximum atomic E-state index is 12.3. The van der Waals surface area contributed by atoms with Crippen LogP contribution in [-0.4, -0.2) is 15.5 Å². The number of para-hydroxylation sites is 1. The van der Waals surface area contributed by atoms with Gasteiger partial charge in [0.1, 0.15) is 0 Å². The van der Waals surface area contributed by atoms with E-state index in [2.05, 4.69) is 27.0 Å². The second-order valence-corrected chi connectivity index (χ2v) is 9.00. The monoisotopic (exact) mass is 505 g/mol. The fourth-order valence-electron chi connectivity index (χ4n) is 3.90. The summed E-state index contributed by atoms with van der Waals surface area (Å²) in [5.74, 6) is -0.225. The molecule has 7 heteroatoms. The van der Waals surface area contributed by atoms with Gasteiger partial charge in [0, 0.05) is 27.6 Å². The highest BCUT2D eigenvalue weighted by atomic mass is 35.5. The molecule has 0 aliphatic carbocycles. The summed E-state index contributed by atoms with van der Waals surface area (Å²) >= 11 is 18.0. The summed E-state index contributed by atoms with van der Waals surface area (Å²) in [4.78, 5) is 16.9. The van der Waals surface area contributed by atoms with Crippen molar-refractivity contribution < 1.29 is 4.79 Å². The van der Waals surface area contributed by atoms with Gasteiger partial charge in [-0.05, 0) is 60.2 Å². The summed E-state index contributed by atoms with van der Waals surface area (Å²) in [6, 6.07) is 23.2. The molecule has 0 atom stereocenters. The molecule has 3 aromatic carbocycles. The summed E-state index contributed by atoms with van der Waals surface area (Å²) < 4.78 is 2.16. The summed E-state index contributed by atoms with van der Waals surface area (Å²) in [7, 11) is 0. The topological polar surface area (TPSA) is 46.9 Å². The molecule has 0 bridgehead atoms. The smallest absolute Gasteiger partial charge is 0.244 e. The molecular formula is C27H18Cl3N3O. The third-order valence-corrected chi connectivity index (χ3v) is 6.51. The Kier molecular flexibility index (Phi) is 6.29. The number of nitrogens with one attached hydrogen (secondary N) is 1. The lowest BCUT2D eigenvalue weighted by molar-refractivity contribution is -0.116. The van der Waals surface area contributed by atoms with E-state index in [1.807, 2.05) is 48.7 Å². The lowest BCUT2D eigenvalue weighted by Crippen LogP contribution is -2.20. The van der Waals surface area contributed by atoms with Crippen LogP contribution in [0, 0.1) is 0 Å². The molecule has 5 rings (SSSR count). The van der Waals surface area contributed by atoms with Gasteiger partial charge >= 0.3 is 0 Å². The van der Waals surface area contributed by atoms with E-state index in [0.29, 0.717) is 21.6 Å². The minimum Gasteiger partial charge on any atom is -0.347 e. The van der Waals surface area contributed by atoms with Crippen LogP contribution >= 0.6 is 34.8 Å². The predicted molar refractivity (Wildman–Crippen MR) is 141 cm³/mol. The molecular weight excluding hydrogens is 489 g/mol. The SMILES string of the molecule is O=C(/C=C/c1ccc(Cl)c(Cl)c1)NCc1cc2c3ccccc3n(-c3ccc(Cl)cc3)c2cn1. The molecule has 0 fully saturated rings. The molecule has 0 saturated heterocycles. The number of rotatable bonds is 5. The van der Waals surface area contributed by atoms with Crippen LogP contribution in [0.5, 0.6) is 0 Å². The van der Waals surface area contributed by atoms with Crippen LogP contribution in [-0.2, 0) is 11.3 Å². The van der Waals surface area contributed by atoms with Gasteiger partial charge in [0.05, 0.1) is 39.5 Å². The minimum atomic E-state index is -0.225. The first kappa shape index (κ1) is 22.5. The normalized spacial score (nSPS) is 11.5. The molecule has 34 heavy (non-hydrogen) atoms. The number of fused-ring (bicyclic) bond motifs is 3. The van der Waals surface area contributed by atoms with Gasteiger partial charge in [0.2, 0.25) is 5.91 Å². The standard InChI is InChI=1S/C27H18Cl3N3O/c28-18-7-9-20(10-8-18)33-25-4-2-1-3-21(25)22-14-19(31-16-26(22)33)15-32-27(34)12-6-17-5-11-23(29)24(30)13-17/h1-14,16H,15H2,(H,32,34)/b12-6+. The number of amides is 1. The number of aromatic nitrogens is 2. The van der Waals surface area contributed by atoms with E-state index in [1.165, 1.54) is 6.08 Å². The second kappa shape index (κ2) is 9.51. The van der Waals surface area contributed by atoms with Crippen LogP contribution in [0.4, 0.5) is 0 Å². The van der Waals surface area contributed by atoms with Gasteiger partial charge in [-0.25, -0.2) is 0 Å². The van der Waals surface area contributed by atoms with Gasteiger partial charge in [-0.3, -0.25) is 9.78 Å². The summed E-state index contributed by atoms with van der Waals surface area (Å²) in [5, 5.41) is 6.67. The van der Waals surface area contributed by atoms with Crippen molar-refractivity contribution in [3.05, 3.63) is 111 Å². The van der Waals surface area contributed by atoms with Crippen molar-refractivity contribution in [3.8, 4) is 5.69 Å². The third-order valence-electron chi connectivity index (χ3n) is 5.51. The van der Waals surface area contributed by atoms with Crippen LogP contribution in [0.2, 0.25) is 15.1 Å². The molecule has 0 spiro atoms. The molecule has 4 nitrogen and oxygen atoms in total. The lowest BCUT2D eigenvalue weighted by atomic mass is 10.1. The Hall–Kier alpha value is -3.31. The fourth-order valence-corrected chi connectivity index (χ4v) is 4.33. The highest BCUT2D eigenvalue weighted by Gasteiger charge is 2.13. The number of hydrogen-bond acceptors (Lipinski definition) is 2. The van der Waals surface area contributed by atoms with E-state index in [1.54, 1.807) is 24.3 Å². The number of benzene rings is 3. The molecule has 0 aliphatic rings. The highest BCUT2D eigenvalue weighted by molar-refractivity contribution is 6.42. The Morgan fingerprint density at radius 1 is 0.882 bits per heavy atom. The zero-order valence-corrected chi connectivity index (χ0v) is 20.1. The van der Waals surface area contributed by atoms with E-state index >= 15 is 0 Å². The molecule has 1 amide bonds. The first-order valence-corrected chi connectivity index (χ1v) is 11.7. The number of carbonyl (C=O) groups excluding carboxylic acids is 1.